The van der Waals surface area contributed by atoms with Crippen molar-refractivity contribution in [2.75, 3.05) is 58.6 Å². The molecule has 0 aromatic heterocycles. The summed E-state index contributed by atoms with van der Waals surface area (Å²) in [7, 11) is 3.97. The molecule has 16 heteroatoms. The van der Waals surface area contributed by atoms with Crippen LogP contribution >= 0.6 is 0 Å². The van der Waals surface area contributed by atoms with Crippen molar-refractivity contribution in [1.29, 1.82) is 0 Å². The number of carbonyl (C=O) groups excluding carboxylic acids is 5. The molecule has 0 saturated heterocycles. The molecule has 402 valence electrons. The minimum absolute atomic E-state index is 0.0198. The van der Waals surface area contributed by atoms with E-state index in [1.54, 1.807) is 48.5 Å². The van der Waals surface area contributed by atoms with Crippen LogP contribution in [-0.2, 0) is 23.8 Å². The summed E-state index contributed by atoms with van der Waals surface area (Å²) in [4.78, 5) is 65.1. The van der Waals surface area contributed by atoms with Crippen molar-refractivity contribution in [2.45, 2.75) is 83.5 Å². The third kappa shape index (κ3) is 22.1. The third-order valence-corrected chi connectivity index (χ3v) is 11.5. The summed E-state index contributed by atoms with van der Waals surface area (Å²) in [5, 5.41) is 8.64. The molecule has 5 rings (SSSR count). The number of unbranched alkanes of at least 4 members (excludes halogenated alkanes) is 10. The largest absolute Gasteiger partial charge is 0.494 e. The molecule has 0 saturated carbocycles. The van der Waals surface area contributed by atoms with Crippen molar-refractivity contribution in [3.05, 3.63) is 157 Å². The number of ether oxygens (including phenoxy) is 8. The zero-order valence-corrected chi connectivity index (χ0v) is 43.6. The number of benzene rings is 5. The summed E-state index contributed by atoms with van der Waals surface area (Å²) in [6.45, 7) is 9.07. The number of carbonyl (C=O) groups is 5. The molecule has 0 atom stereocenters. The van der Waals surface area contributed by atoms with Gasteiger partial charge in [-0.15, -0.1) is 0 Å². The second kappa shape index (κ2) is 33.5. The smallest absolute Gasteiger partial charge is 0.344 e. The van der Waals surface area contributed by atoms with Gasteiger partial charge in [-0.25, -0.2) is 24.0 Å². The van der Waals surface area contributed by atoms with E-state index in [0.29, 0.717) is 51.0 Å². The lowest BCUT2D eigenvalue weighted by Gasteiger charge is -2.12. The number of rotatable bonds is 35. The Morgan fingerprint density at radius 1 is 0.408 bits per heavy atom. The molecule has 0 amide bonds. The molecule has 0 heterocycles. The van der Waals surface area contributed by atoms with Gasteiger partial charge in [0.1, 0.15) is 28.7 Å². The molecule has 0 fully saturated rings. The minimum Gasteiger partial charge on any atom is -0.494 e. The molecule has 0 aliphatic carbocycles. The van der Waals surface area contributed by atoms with Crippen LogP contribution in [0.25, 0.3) is 0 Å². The van der Waals surface area contributed by atoms with E-state index in [2.05, 4.69) is 23.4 Å². The molecule has 0 unspecified atom stereocenters. The van der Waals surface area contributed by atoms with E-state index in [-0.39, 0.29) is 34.8 Å². The normalized spacial score (nSPS) is 10.8. The number of hydrogen-bond donors (Lipinski definition) is 0. The highest BCUT2D eigenvalue weighted by molar-refractivity contribution is 6.06. The molecule has 0 spiro atoms. The summed E-state index contributed by atoms with van der Waals surface area (Å²) in [5.74, 6) is -0.837. The van der Waals surface area contributed by atoms with Gasteiger partial charge in [0.15, 0.2) is 0 Å². The summed E-state index contributed by atoms with van der Waals surface area (Å²) >= 11 is 0. The van der Waals surface area contributed by atoms with E-state index in [4.69, 9.17) is 37.9 Å². The van der Waals surface area contributed by atoms with Crippen LogP contribution in [0.5, 0.6) is 28.7 Å². The standard InChI is InChI=1S/C60H69N3O13/c1-5-56(64)72-41-17-12-10-15-39-70-50-29-33-52(34-30-50)75-58(66)45-20-37-54(60(68)76-53-35-31-51(32-36-53)71-40-16-11-13-18-42-73-57(65)6-2)55(44-45)59(67)74-43-19-9-7-8-14-38-69-49-27-23-47(24-28-49)62-61-46-21-25-48(26-22-46)63(3)4/h5-6,20-37,44H,1-2,7-19,38-43H2,3-4H3. The van der Waals surface area contributed by atoms with Crippen LogP contribution in [0.1, 0.15) is 115 Å². The summed E-state index contributed by atoms with van der Waals surface area (Å²) in [6, 6.07) is 32.4. The number of azo groups is 1. The molecule has 0 bridgehead atoms. The van der Waals surface area contributed by atoms with Gasteiger partial charge in [0.2, 0.25) is 0 Å². The van der Waals surface area contributed by atoms with Gasteiger partial charge in [-0.05, 0) is 179 Å². The van der Waals surface area contributed by atoms with Crippen molar-refractivity contribution in [3.63, 3.8) is 0 Å². The molecular weight excluding hydrogens is 971 g/mol. The zero-order chi connectivity index (χ0) is 54.2. The maximum absolute atomic E-state index is 13.7. The van der Waals surface area contributed by atoms with E-state index in [9.17, 15) is 24.0 Å². The van der Waals surface area contributed by atoms with Crippen molar-refractivity contribution >= 4 is 46.9 Å². The van der Waals surface area contributed by atoms with Crippen LogP contribution in [0.4, 0.5) is 17.1 Å². The fourth-order valence-electron chi connectivity index (χ4n) is 7.22. The first-order chi connectivity index (χ1) is 37.0. The van der Waals surface area contributed by atoms with Gasteiger partial charge >= 0.3 is 29.8 Å². The molecule has 0 aliphatic heterocycles. The highest BCUT2D eigenvalue weighted by Gasteiger charge is 2.23. The predicted molar refractivity (Wildman–Crippen MR) is 290 cm³/mol. The van der Waals surface area contributed by atoms with Crippen molar-refractivity contribution in [3.8, 4) is 28.7 Å². The summed E-state index contributed by atoms with van der Waals surface area (Å²) in [6.07, 6.45) is 13.0. The van der Waals surface area contributed by atoms with Gasteiger partial charge in [0, 0.05) is 31.9 Å². The van der Waals surface area contributed by atoms with E-state index in [0.717, 1.165) is 112 Å². The molecule has 16 nitrogen and oxygen atoms in total. The molecule has 0 N–H and O–H groups in total. The second-order valence-electron chi connectivity index (χ2n) is 17.6. The average molecular weight is 1040 g/mol. The number of nitrogens with zero attached hydrogens (tertiary/aromatic N) is 3. The third-order valence-electron chi connectivity index (χ3n) is 11.5. The monoisotopic (exact) mass is 1040 g/mol. The molecule has 0 aliphatic rings. The van der Waals surface area contributed by atoms with E-state index >= 15 is 0 Å². The van der Waals surface area contributed by atoms with Crippen LogP contribution in [0.3, 0.4) is 0 Å². The van der Waals surface area contributed by atoms with Gasteiger partial charge in [-0.3, -0.25) is 0 Å². The fraction of sp³-hybridized carbons (Fsp3) is 0.350. The lowest BCUT2D eigenvalue weighted by molar-refractivity contribution is -0.138. The minimum atomic E-state index is -0.824. The summed E-state index contributed by atoms with van der Waals surface area (Å²) < 4.78 is 44.5. The average Bonchev–Trinajstić information content (AvgIpc) is 3.44. The SMILES string of the molecule is C=CC(=O)OCCCCCCOc1ccc(OC(=O)c2ccc(C(=O)Oc3ccc(OCCCCCCOC(=O)C=C)cc3)c(C(=O)OCCCCCCCOc3ccc(N=Nc4ccc(N(C)C)cc4)cc3)c2)cc1. The number of esters is 5. The van der Waals surface area contributed by atoms with E-state index < -0.39 is 29.8 Å². The lowest BCUT2D eigenvalue weighted by Crippen LogP contribution is -2.18. The Hall–Kier alpha value is -8.27. The van der Waals surface area contributed by atoms with E-state index in [1.807, 2.05) is 67.5 Å². The van der Waals surface area contributed by atoms with Crippen molar-refractivity contribution in [1.82, 2.24) is 0 Å². The highest BCUT2D eigenvalue weighted by atomic mass is 16.6. The van der Waals surface area contributed by atoms with E-state index in [1.165, 1.54) is 18.2 Å². The quantitative estimate of drug-likeness (QED) is 0.00931. The van der Waals surface area contributed by atoms with Crippen LogP contribution in [0.15, 0.2) is 151 Å². The zero-order valence-electron chi connectivity index (χ0n) is 43.6. The van der Waals surface area contributed by atoms with Gasteiger partial charge in [0.05, 0.1) is 67.7 Å². The maximum atomic E-state index is 13.7. The van der Waals surface area contributed by atoms with Gasteiger partial charge in [-0.1, -0.05) is 32.4 Å². The van der Waals surface area contributed by atoms with Gasteiger partial charge in [-0.2, -0.15) is 10.2 Å². The lowest BCUT2D eigenvalue weighted by atomic mass is 10.0. The maximum Gasteiger partial charge on any atom is 0.344 e. The molecular formula is C60H69N3O13. The Bertz CT molecular complexity index is 2630. The Morgan fingerprint density at radius 3 is 1.21 bits per heavy atom. The number of hydrogen-bond acceptors (Lipinski definition) is 16. The van der Waals surface area contributed by atoms with Crippen LogP contribution in [-0.4, -0.2) is 83.6 Å². The first kappa shape index (κ1) is 58.6. The Labute approximate surface area is 445 Å². The Balaban J connectivity index is 1.08. The molecule has 5 aromatic rings. The van der Waals surface area contributed by atoms with Crippen LogP contribution in [0.2, 0.25) is 0 Å². The first-order valence-corrected chi connectivity index (χ1v) is 25.7. The highest BCUT2D eigenvalue weighted by Crippen LogP contribution is 2.26. The summed E-state index contributed by atoms with van der Waals surface area (Å²) in [5.41, 5.74) is 2.36. The second-order valence-corrected chi connectivity index (χ2v) is 17.6. The number of anilines is 1. The van der Waals surface area contributed by atoms with Gasteiger partial charge in [0.25, 0.3) is 0 Å². The van der Waals surface area contributed by atoms with Crippen molar-refractivity contribution in [2.24, 2.45) is 10.2 Å². The Kier molecular flexibility index (Phi) is 25.9. The topological polar surface area (TPSA) is 187 Å². The molecule has 5 aromatic carbocycles. The predicted octanol–water partition coefficient (Wildman–Crippen LogP) is 13.1. The molecule has 0 radical (unpaired) electrons. The Morgan fingerprint density at radius 2 is 0.776 bits per heavy atom. The van der Waals surface area contributed by atoms with Crippen LogP contribution < -0.4 is 28.6 Å². The first-order valence-electron chi connectivity index (χ1n) is 25.7. The van der Waals surface area contributed by atoms with Crippen molar-refractivity contribution < 1.29 is 61.9 Å². The van der Waals surface area contributed by atoms with Gasteiger partial charge < -0.3 is 42.8 Å². The fourth-order valence-corrected chi connectivity index (χ4v) is 7.22. The molecule has 76 heavy (non-hydrogen) atoms. The van der Waals surface area contributed by atoms with Crippen LogP contribution in [0, 0.1) is 0 Å².